The van der Waals surface area contributed by atoms with Crippen molar-refractivity contribution in [1.82, 2.24) is 0 Å². The van der Waals surface area contributed by atoms with Gasteiger partial charge in [0.1, 0.15) is 13.2 Å². The number of hydrogen-bond acceptors (Lipinski definition) is 6. The molecule has 6 nitrogen and oxygen atoms in total. The van der Waals surface area contributed by atoms with Gasteiger partial charge in [0.15, 0.2) is 6.10 Å². The van der Waals surface area contributed by atoms with Gasteiger partial charge < -0.3 is 14.2 Å². The van der Waals surface area contributed by atoms with Gasteiger partial charge in [0, 0.05) is 19.3 Å². The maximum atomic E-state index is 12.9. The van der Waals surface area contributed by atoms with E-state index in [4.69, 9.17) is 14.2 Å². The lowest BCUT2D eigenvalue weighted by atomic mass is 10.1. The fourth-order valence-corrected chi connectivity index (χ4v) is 7.75. The highest BCUT2D eigenvalue weighted by atomic mass is 16.6. The molecular formula is C63H106O6. The molecule has 0 aromatic rings. The van der Waals surface area contributed by atoms with Gasteiger partial charge in [0.2, 0.25) is 0 Å². The molecule has 0 aromatic carbocycles. The Morgan fingerprint density at radius 2 is 0.609 bits per heavy atom. The summed E-state index contributed by atoms with van der Waals surface area (Å²) < 4.78 is 16.9. The number of esters is 3. The molecule has 1 atom stereocenters. The van der Waals surface area contributed by atoms with Gasteiger partial charge in [-0.15, -0.1) is 0 Å². The summed E-state index contributed by atoms with van der Waals surface area (Å²) in [4.78, 5) is 38.2. The molecule has 0 saturated carbocycles. The second kappa shape index (κ2) is 56.9. The highest BCUT2D eigenvalue weighted by molar-refractivity contribution is 5.71. The first kappa shape index (κ1) is 65.3. The van der Waals surface area contributed by atoms with E-state index in [-0.39, 0.29) is 31.1 Å². The molecule has 69 heavy (non-hydrogen) atoms. The van der Waals surface area contributed by atoms with Gasteiger partial charge in [-0.2, -0.15) is 0 Å². The van der Waals surface area contributed by atoms with Crippen molar-refractivity contribution in [3.05, 3.63) is 97.2 Å². The number of carbonyl (C=O) groups is 3. The van der Waals surface area contributed by atoms with E-state index in [1.165, 1.54) is 109 Å². The fraction of sp³-hybridized carbons (Fsp3) is 0.698. The summed E-state index contributed by atoms with van der Waals surface area (Å²) in [7, 11) is 0. The standard InChI is InChI=1S/C63H106O6/c1-4-7-10-13-16-19-22-25-28-30-31-33-35-38-41-44-47-50-53-56-62(65)68-59-60(58-67-61(64)55-52-49-46-43-40-37-34-27-24-21-18-15-12-9-6-3)69-63(66)57-54-51-48-45-42-39-36-32-29-26-23-20-17-14-11-8-5-2/h7,10,16-21,24-29,31,33,60H,4-6,8-9,11-15,22-23,30,32,34-59H2,1-3H3/b10-7-,19-16-,20-17-,21-18-,27-24-,28-25-,29-26-,33-31-. The van der Waals surface area contributed by atoms with Crippen LogP contribution in [0.1, 0.15) is 265 Å². The smallest absolute Gasteiger partial charge is 0.306 e. The second-order valence-electron chi connectivity index (χ2n) is 18.8. The van der Waals surface area contributed by atoms with E-state index in [0.717, 1.165) is 116 Å². The Morgan fingerprint density at radius 1 is 0.319 bits per heavy atom. The number of allylic oxidation sites excluding steroid dienone is 16. The fourth-order valence-electron chi connectivity index (χ4n) is 7.75. The van der Waals surface area contributed by atoms with Crippen LogP contribution in [-0.4, -0.2) is 37.2 Å². The lowest BCUT2D eigenvalue weighted by Crippen LogP contribution is -2.30. The van der Waals surface area contributed by atoms with Crippen LogP contribution in [0.25, 0.3) is 0 Å². The van der Waals surface area contributed by atoms with Crippen LogP contribution in [0.3, 0.4) is 0 Å². The summed E-state index contributed by atoms with van der Waals surface area (Å²) in [6.07, 6.45) is 75.3. The number of unbranched alkanes of at least 4 members (excludes halogenated alkanes) is 25. The third-order valence-electron chi connectivity index (χ3n) is 12.1. The number of carbonyl (C=O) groups excluding carboxylic acids is 3. The Hall–Kier alpha value is -3.67. The van der Waals surface area contributed by atoms with Gasteiger partial charge in [-0.1, -0.05) is 227 Å². The molecule has 0 rings (SSSR count). The van der Waals surface area contributed by atoms with Crippen LogP contribution in [0.4, 0.5) is 0 Å². The van der Waals surface area contributed by atoms with Gasteiger partial charge in [0.25, 0.3) is 0 Å². The van der Waals surface area contributed by atoms with Crippen molar-refractivity contribution < 1.29 is 28.6 Å². The van der Waals surface area contributed by atoms with Crippen molar-refractivity contribution in [3.63, 3.8) is 0 Å². The molecular weight excluding hydrogens is 853 g/mol. The molecule has 0 aromatic heterocycles. The molecule has 6 heteroatoms. The number of hydrogen-bond donors (Lipinski definition) is 0. The third kappa shape index (κ3) is 55.1. The quantitative estimate of drug-likeness (QED) is 0.0199. The first-order valence-electron chi connectivity index (χ1n) is 28.8. The van der Waals surface area contributed by atoms with E-state index < -0.39 is 6.10 Å². The summed E-state index contributed by atoms with van der Waals surface area (Å²) in [5.41, 5.74) is 0. The maximum absolute atomic E-state index is 12.9. The minimum Gasteiger partial charge on any atom is -0.462 e. The van der Waals surface area contributed by atoms with Gasteiger partial charge in [-0.05, 0) is 116 Å². The van der Waals surface area contributed by atoms with Crippen LogP contribution in [0.15, 0.2) is 97.2 Å². The molecule has 0 amide bonds. The molecule has 394 valence electrons. The number of ether oxygens (including phenoxy) is 3. The minimum absolute atomic E-state index is 0.0921. The average molecular weight is 960 g/mol. The summed E-state index contributed by atoms with van der Waals surface area (Å²) in [5, 5.41) is 0. The third-order valence-corrected chi connectivity index (χ3v) is 12.1. The van der Waals surface area contributed by atoms with E-state index in [9.17, 15) is 14.4 Å². The highest BCUT2D eigenvalue weighted by Crippen LogP contribution is 2.14. The van der Waals surface area contributed by atoms with Crippen molar-refractivity contribution in [3.8, 4) is 0 Å². The van der Waals surface area contributed by atoms with Gasteiger partial charge in [0.05, 0.1) is 0 Å². The molecule has 0 bridgehead atoms. The highest BCUT2D eigenvalue weighted by Gasteiger charge is 2.19. The Kier molecular flexibility index (Phi) is 53.9. The SMILES string of the molecule is CC/C=C\C/C=C\C/C=C\C/C=C\CCCCCCCCC(=O)OCC(COC(=O)CCCCCCCC/C=C\C=C/CCCCC)OC(=O)CCCCCCCCC/C=C\C/C=C\CCCCC. The molecule has 0 aliphatic rings. The molecule has 0 N–H and O–H groups in total. The zero-order valence-electron chi connectivity index (χ0n) is 45.0. The monoisotopic (exact) mass is 959 g/mol. The van der Waals surface area contributed by atoms with Crippen molar-refractivity contribution in [2.24, 2.45) is 0 Å². The molecule has 0 radical (unpaired) electrons. The van der Waals surface area contributed by atoms with Gasteiger partial charge >= 0.3 is 17.9 Å². The lowest BCUT2D eigenvalue weighted by molar-refractivity contribution is -0.167. The van der Waals surface area contributed by atoms with E-state index in [1.807, 2.05) is 0 Å². The van der Waals surface area contributed by atoms with Crippen LogP contribution >= 0.6 is 0 Å². The Labute approximate surface area is 426 Å². The molecule has 0 fully saturated rings. The Bertz CT molecular complexity index is 1380. The predicted molar refractivity (Wildman–Crippen MR) is 297 cm³/mol. The van der Waals surface area contributed by atoms with Gasteiger partial charge in [-0.3, -0.25) is 14.4 Å². The van der Waals surface area contributed by atoms with Crippen molar-refractivity contribution in [1.29, 1.82) is 0 Å². The largest absolute Gasteiger partial charge is 0.462 e. The predicted octanol–water partition coefficient (Wildman–Crippen LogP) is 19.3. The van der Waals surface area contributed by atoms with Crippen LogP contribution in [-0.2, 0) is 28.6 Å². The zero-order valence-corrected chi connectivity index (χ0v) is 45.0. The van der Waals surface area contributed by atoms with Crippen LogP contribution in [0, 0.1) is 0 Å². The van der Waals surface area contributed by atoms with E-state index in [1.54, 1.807) is 0 Å². The van der Waals surface area contributed by atoms with Crippen molar-refractivity contribution in [2.45, 2.75) is 271 Å². The number of rotatable bonds is 51. The first-order chi connectivity index (χ1) is 34.0. The molecule has 0 aliphatic heterocycles. The average Bonchev–Trinajstić information content (AvgIpc) is 3.35. The van der Waals surface area contributed by atoms with Gasteiger partial charge in [-0.25, -0.2) is 0 Å². The van der Waals surface area contributed by atoms with Crippen molar-refractivity contribution >= 4 is 17.9 Å². The normalized spacial score (nSPS) is 12.8. The maximum Gasteiger partial charge on any atom is 0.306 e. The Balaban J connectivity index is 4.45. The van der Waals surface area contributed by atoms with E-state index in [2.05, 4.69) is 118 Å². The summed E-state index contributed by atoms with van der Waals surface area (Å²) in [6.45, 7) is 6.45. The molecule has 0 aliphatic carbocycles. The van der Waals surface area contributed by atoms with Crippen molar-refractivity contribution in [2.75, 3.05) is 13.2 Å². The second-order valence-corrected chi connectivity index (χ2v) is 18.8. The lowest BCUT2D eigenvalue weighted by Gasteiger charge is -2.18. The minimum atomic E-state index is -0.794. The van der Waals surface area contributed by atoms with Crippen LogP contribution < -0.4 is 0 Å². The summed E-state index contributed by atoms with van der Waals surface area (Å²) >= 11 is 0. The first-order valence-corrected chi connectivity index (χ1v) is 28.8. The van der Waals surface area contributed by atoms with E-state index in [0.29, 0.717) is 19.3 Å². The molecule has 0 spiro atoms. The van der Waals surface area contributed by atoms with Crippen LogP contribution in [0.2, 0.25) is 0 Å². The summed E-state index contributed by atoms with van der Waals surface area (Å²) in [6, 6.07) is 0. The molecule has 0 saturated heterocycles. The van der Waals surface area contributed by atoms with Crippen LogP contribution in [0.5, 0.6) is 0 Å². The summed E-state index contributed by atoms with van der Waals surface area (Å²) in [5.74, 6) is -0.921. The topological polar surface area (TPSA) is 78.9 Å². The zero-order chi connectivity index (χ0) is 50.0. The molecule has 0 heterocycles. The molecule has 1 unspecified atom stereocenters. The Morgan fingerprint density at radius 3 is 0.971 bits per heavy atom. The van der Waals surface area contributed by atoms with E-state index >= 15 is 0 Å².